The zero-order chi connectivity index (χ0) is 14.7. The van der Waals surface area contributed by atoms with Crippen LogP contribution in [0.4, 0.5) is 0 Å². The van der Waals surface area contributed by atoms with E-state index < -0.39 is 12.0 Å². The molecule has 0 aromatic heterocycles. The van der Waals surface area contributed by atoms with Gasteiger partial charge in [0.05, 0.1) is 11.4 Å². The van der Waals surface area contributed by atoms with E-state index in [1.807, 2.05) is 17.0 Å². The van der Waals surface area contributed by atoms with Gasteiger partial charge in [-0.25, -0.2) is 0 Å². The molecule has 20 heavy (non-hydrogen) atoms. The third kappa shape index (κ3) is 3.71. The number of carbonyl (C=O) groups excluding carboxylic acids is 1. The number of amides is 1. The number of hydrogen-bond donors (Lipinski definition) is 2. The first kappa shape index (κ1) is 15.3. The van der Waals surface area contributed by atoms with Crippen LogP contribution in [0, 0.1) is 0 Å². The Morgan fingerprint density at radius 3 is 2.95 bits per heavy atom. The first-order valence-corrected chi connectivity index (χ1v) is 7.32. The van der Waals surface area contributed by atoms with Gasteiger partial charge in [0.25, 0.3) is 0 Å². The zero-order valence-corrected chi connectivity index (χ0v) is 12.9. The van der Waals surface area contributed by atoms with E-state index >= 15 is 0 Å². The summed E-state index contributed by atoms with van der Waals surface area (Å²) in [5.74, 6) is -1.21. The maximum atomic E-state index is 11.8. The lowest BCUT2D eigenvalue weighted by Gasteiger charge is -2.34. The maximum absolute atomic E-state index is 11.8. The topological polar surface area (TPSA) is 69.6 Å². The third-order valence-corrected chi connectivity index (χ3v) is 4.39. The van der Waals surface area contributed by atoms with Crippen LogP contribution in [-0.4, -0.2) is 41.0 Å². The number of piperazine rings is 1. The summed E-state index contributed by atoms with van der Waals surface area (Å²) in [7, 11) is 0. The lowest BCUT2D eigenvalue weighted by atomic mass is 10.1. The van der Waals surface area contributed by atoms with Crippen LogP contribution in [0.3, 0.4) is 0 Å². The van der Waals surface area contributed by atoms with Gasteiger partial charge in [0.2, 0.25) is 5.91 Å². The number of halogens is 2. The molecule has 2 N–H and O–H groups in total. The summed E-state index contributed by atoms with van der Waals surface area (Å²) in [5, 5.41) is 12.2. The highest BCUT2D eigenvalue weighted by atomic mass is 79.9. The molecule has 7 heteroatoms. The van der Waals surface area contributed by atoms with Gasteiger partial charge in [0, 0.05) is 24.1 Å². The molecule has 0 radical (unpaired) electrons. The fourth-order valence-corrected chi connectivity index (χ4v) is 2.75. The summed E-state index contributed by atoms with van der Waals surface area (Å²) >= 11 is 9.30. The molecule has 1 aromatic rings. The number of carboxylic acids is 1. The van der Waals surface area contributed by atoms with E-state index in [0.717, 1.165) is 10.0 Å². The highest BCUT2D eigenvalue weighted by Crippen LogP contribution is 2.24. The van der Waals surface area contributed by atoms with Crippen molar-refractivity contribution < 1.29 is 14.7 Å². The van der Waals surface area contributed by atoms with E-state index in [4.69, 9.17) is 16.7 Å². The first-order valence-electron chi connectivity index (χ1n) is 6.15. The fraction of sp³-hybridized carbons (Fsp3) is 0.385. The molecular formula is C13H14BrClN2O3. The summed E-state index contributed by atoms with van der Waals surface area (Å²) in [6.07, 6.45) is -0.194. The highest BCUT2D eigenvalue weighted by Gasteiger charge is 2.31. The smallest absolute Gasteiger partial charge is 0.305 e. The van der Waals surface area contributed by atoms with Crippen LogP contribution in [0.25, 0.3) is 0 Å². The second kappa shape index (κ2) is 6.56. The highest BCUT2D eigenvalue weighted by molar-refractivity contribution is 9.10. The van der Waals surface area contributed by atoms with Crippen molar-refractivity contribution in [3.8, 4) is 0 Å². The second-order valence-electron chi connectivity index (χ2n) is 4.62. The summed E-state index contributed by atoms with van der Waals surface area (Å²) in [4.78, 5) is 24.6. The molecule has 1 atom stereocenters. The Kier molecular flexibility index (Phi) is 5.01. The Labute approximate surface area is 130 Å². The molecule has 0 aliphatic carbocycles. The minimum absolute atomic E-state index is 0.194. The molecule has 1 aliphatic rings. The van der Waals surface area contributed by atoms with E-state index in [1.165, 1.54) is 0 Å². The molecule has 108 valence electrons. The number of carbonyl (C=O) groups is 2. The standard InChI is InChI=1S/C13H14BrClN2O3/c14-9-5-8(1-2-10(9)15)7-17-4-3-16-13(20)11(17)6-12(18)19/h1-2,5,11H,3-4,6-7H2,(H,16,20)(H,18,19). The van der Waals surface area contributed by atoms with Gasteiger partial charge in [0.15, 0.2) is 0 Å². The van der Waals surface area contributed by atoms with E-state index in [9.17, 15) is 9.59 Å². The van der Waals surface area contributed by atoms with Crippen LogP contribution >= 0.6 is 27.5 Å². The number of aliphatic carboxylic acids is 1. The SMILES string of the molecule is O=C(O)CC1C(=O)NCCN1Cc1ccc(Cl)c(Br)c1. The number of nitrogens with one attached hydrogen (secondary N) is 1. The number of nitrogens with zero attached hydrogens (tertiary/aromatic N) is 1. The minimum atomic E-state index is -0.977. The van der Waals surface area contributed by atoms with E-state index in [0.29, 0.717) is 24.7 Å². The van der Waals surface area contributed by atoms with Gasteiger partial charge >= 0.3 is 5.97 Å². The van der Waals surface area contributed by atoms with Gasteiger partial charge in [-0.15, -0.1) is 0 Å². The first-order chi connectivity index (χ1) is 9.47. The fourth-order valence-electron chi connectivity index (χ4n) is 2.21. The normalized spacial score (nSPS) is 19.7. The number of carboxylic acid groups (broad SMARTS) is 1. The molecule has 0 bridgehead atoms. The van der Waals surface area contributed by atoms with Crippen molar-refractivity contribution in [1.82, 2.24) is 10.2 Å². The number of rotatable bonds is 4. The molecule has 1 aliphatic heterocycles. The van der Waals surface area contributed by atoms with Crippen molar-refractivity contribution in [1.29, 1.82) is 0 Å². The minimum Gasteiger partial charge on any atom is -0.481 e. The van der Waals surface area contributed by atoms with Gasteiger partial charge in [-0.05, 0) is 33.6 Å². The van der Waals surface area contributed by atoms with Crippen molar-refractivity contribution in [2.24, 2.45) is 0 Å². The maximum Gasteiger partial charge on any atom is 0.305 e. The van der Waals surface area contributed by atoms with Crippen LogP contribution < -0.4 is 5.32 Å². The van der Waals surface area contributed by atoms with Crippen LogP contribution in [0.1, 0.15) is 12.0 Å². The average molecular weight is 362 g/mol. The van der Waals surface area contributed by atoms with Crippen molar-refractivity contribution in [2.45, 2.75) is 19.0 Å². The number of benzene rings is 1. The van der Waals surface area contributed by atoms with Crippen molar-refractivity contribution >= 4 is 39.4 Å². The largest absolute Gasteiger partial charge is 0.481 e. The Morgan fingerprint density at radius 2 is 2.30 bits per heavy atom. The molecule has 1 saturated heterocycles. The Balaban J connectivity index is 2.13. The van der Waals surface area contributed by atoms with Crippen LogP contribution in [0.15, 0.2) is 22.7 Å². The van der Waals surface area contributed by atoms with Crippen molar-refractivity contribution in [3.63, 3.8) is 0 Å². The molecule has 5 nitrogen and oxygen atoms in total. The Bertz CT molecular complexity index is 538. The molecule has 1 heterocycles. The summed E-state index contributed by atoms with van der Waals surface area (Å²) in [6, 6.07) is 4.90. The lowest BCUT2D eigenvalue weighted by Crippen LogP contribution is -2.55. The van der Waals surface area contributed by atoms with Gasteiger partial charge < -0.3 is 10.4 Å². The average Bonchev–Trinajstić information content (AvgIpc) is 2.38. The molecular weight excluding hydrogens is 348 g/mol. The predicted molar refractivity (Wildman–Crippen MR) is 78.6 cm³/mol. The lowest BCUT2D eigenvalue weighted by molar-refractivity contribution is -0.143. The Morgan fingerprint density at radius 1 is 1.55 bits per heavy atom. The van der Waals surface area contributed by atoms with E-state index in [-0.39, 0.29) is 12.3 Å². The van der Waals surface area contributed by atoms with Crippen LogP contribution in [-0.2, 0) is 16.1 Å². The summed E-state index contributed by atoms with van der Waals surface area (Å²) in [6.45, 7) is 1.68. The van der Waals surface area contributed by atoms with Crippen molar-refractivity contribution in [2.75, 3.05) is 13.1 Å². The third-order valence-electron chi connectivity index (χ3n) is 3.18. The quantitative estimate of drug-likeness (QED) is 0.859. The summed E-state index contributed by atoms with van der Waals surface area (Å²) in [5.41, 5.74) is 0.978. The molecule has 2 rings (SSSR count). The Hall–Kier alpha value is -1.11. The monoisotopic (exact) mass is 360 g/mol. The molecule has 1 fully saturated rings. The van der Waals surface area contributed by atoms with Crippen molar-refractivity contribution in [3.05, 3.63) is 33.3 Å². The van der Waals surface area contributed by atoms with E-state index in [1.54, 1.807) is 6.07 Å². The second-order valence-corrected chi connectivity index (χ2v) is 5.89. The predicted octanol–water partition coefficient (Wildman–Crippen LogP) is 1.88. The molecule has 0 saturated carbocycles. The summed E-state index contributed by atoms with van der Waals surface area (Å²) < 4.78 is 0.785. The molecule has 1 unspecified atom stereocenters. The van der Waals surface area contributed by atoms with Crippen LogP contribution in [0.2, 0.25) is 5.02 Å². The zero-order valence-electron chi connectivity index (χ0n) is 10.6. The molecule has 1 aromatic carbocycles. The molecule has 1 amide bonds. The van der Waals surface area contributed by atoms with Crippen LogP contribution in [0.5, 0.6) is 0 Å². The van der Waals surface area contributed by atoms with Gasteiger partial charge in [-0.3, -0.25) is 14.5 Å². The molecule has 0 spiro atoms. The van der Waals surface area contributed by atoms with Gasteiger partial charge in [-0.1, -0.05) is 17.7 Å². The van der Waals surface area contributed by atoms with Gasteiger partial charge in [-0.2, -0.15) is 0 Å². The van der Waals surface area contributed by atoms with E-state index in [2.05, 4.69) is 21.2 Å². The number of hydrogen-bond acceptors (Lipinski definition) is 3. The van der Waals surface area contributed by atoms with Gasteiger partial charge in [0.1, 0.15) is 6.04 Å².